The number of carbonyl (C=O) groups excluding carboxylic acids is 2. The molecule has 4 rings (SSSR count). The molecule has 1 fully saturated rings. The highest BCUT2D eigenvalue weighted by molar-refractivity contribution is 5.99. The Bertz CT molecular complexity index is 1110. The summed E-state index contributed by atoms with van der Waals surface area (Å²) in [5.41, 5.74) is 0. The second-order valence-electron chi connectivity index (χ2n) is 9.62. The quantitative estimate of drug-likeness (QED) is 0.584. The van der Waals surface area contributed by atoms with Crippen molar-refractivity contribution in [2.75, 3.05) is 18.5 Å². The molecule has 1 N–H and O–H groups in total. The molecule has 0 saturated carbocycles. The maximum absolute atomic E-state index is 14.0. The van der Waals surface area contributed by atoms with Crippen LogP contribution in [-0.4, -0.2) is 57.6 Å². The lowest BCUT2D eigenvalue weighted by molar-refractivity contribution is -0.139. The average Bonchev–Trinajstić information content (AvgIpc) is 3.46. The van der Waals surface area contributed by atoms with Gasteiger partial charge in [-0.25, -0.2) is 4.39 Å². The van der Waals surface area contributed by atoms with E-state index in [9.17, 15) is 14.0 Å². The van der Waals surface area contributed by atoms with Gasteiger partial charge in [0.05, 0.1) is 19.7 Å². The smallest absolute Gasteiger partial charge is 0.251 e. The highest BCUT2D eigenvalue weighted by Gasteiger charge is 2.36. The standard InChI is InChI=1S/C25H31FN4O5/c1-16(2)11-20(30-14-17(12-23(30)31)34-21-8-6-5-7-19(21)26)24(32)27-22-9-10-29(28-22)13-18-15-33-25(3,4)35-18/h5-10,12,16,18,20H,11,13-15H2,1-4H3,(H,27,28,32)/t18-,20+/m1/s1. The molecule has 0 spiro atoms. The van der Waals surface area contributed by atoms with E-state index in [2.05, 4.69) is 10.4 Å². The van der Waals surface area contributed by atoms with Gasteiger partial charge in [0.1, 0.15) is 17.9 Å². The number of nitrogens with one attached hydrogen (secondary N) is 1. The topological polar surface area (TPSA) is 94.9 Å². The minimum absolute atomic E-state index is 0.0313. The third-order valence-corrected chi connectivity index (χ3v) is 5.69. The first-order valence-electron chi connectivity index (χ1n) is 11.7. The second kappa shape index (κ2) is 10.2. The van der Waals surface area contributed by atoms with Gasteiger partial charge in [-0.2, -0.15) is 5.10 Å². The Morgan fingerprint density at radius 3 is 2.77 bits per heavy atom. The maximum atomic E-state index is 14.0. The van der Waals surface area contributed by atoms with E-state index >= 15 is 0 Å². The number of nitrogens with zero attached hydrogens (tertiary/aromatic N) is 3. The fourth-order valence-electron chi connectivity index (χ4n) is 4.13. The fraction of sp³-hybridized carbons (Fsp3) is 0.480. The largest absolute Gasteiger partial charge is 0.457 e. The second-order valence-corrected chi connectivity index (χ2v) is 9.62. The van der Waals surface area contributed by atoms with Crippen LogP contribution in [0.5, 0.6) is 5.75 Å². The Morgan fingerprint density at radius 2 is 2.09 bits per heavy atom. The van der Waals surface area contributed by atoms with Crippen molar-refractivity contribution in [3.05, 3.63) is 54.2 Å². The first-order chi connectivity index (χ1) is 16.6. The highest BCUT2D eigenvalue weighted by Crippen LogP contribution is 2.25. The molecule has 1 aromatic carbocycles. The van der Waals surface area contributed by atoms with Crippen molar-refractivity contribution in [1.29, 1.82) is 0 Å². The first kappa shape index (κ1) is 24.9. The molecule has 2 aliphatic heterocycles. The SMILES string of the molecule is CC(C)C[C@@H](C(=O)Nc1ccn(C[C@@H]2COC(C)(C)O2)n1)N1CC(Oc2ccccc2F)=CC1=O. The summed E-state index contributed by atoms with van der Waals surface area (Å²) in [5.74, 6) is -1.01. The Balaban J connectivity index is 1.40. The summed E-state index contributed by atoms with van der Waals surface area (Å²) in [4.78, 5) is 27.4. The zero-order valence-electron chi connectivity index (χ0n) is 20.4. The number of para-hydroxylation sites is 1. The first-order valence-corrected chi connectivity index (χ1v) is 11.7. The molecule has 3 heterocycles. The number of carbonyl (C=O) groups is 2. The molecular formula is C25H31FN4O5. The van der Waals surface area contributed by atoms with Crippen molar-refractivity contribution in [1.82, 2.24) is 14.7 Å². The van der Waals surface area contributed by atoms with Crippen molar-refractivity contribution in [2.45, 2.75) is 58.6 Å². The zero-order valence-corrected chi connectivity index (χ0v) is 20.4. The maximum Gasteiger partial charge on any atom is 0.251 e. The van der Waals surface area contributed by atoms with Gasteiger partial charge in [-0.15, -0.1) is 0 Å². The summed E-state index contributed by atoms with van der Waals surface area (Å²) < 4.78 is 32.6. The molecule has 0 aliphatic carbocycles. The molecule has 188 valence electrons. The molecule has 35 heavy (non-hydrogen) atoms. The van der Waals surface area contributed by atoms with Crippen LogP contribution in [-0.2, 0) is 25.6 Å². The van der Waals surface area contributed by atoms with Crippen molar-refractivity contribution in [2.24, 2.45) is 5.92 Å². The molecule has 10 heteroatoms. The number of rotatable bonds is 9. The summed E-state index contributed by atoms with van der Waals surface area (Å²) >= 11 is 0. The molecule has 2 aromatic rings. The molecule has 0 radical (unpaired) electrons. The summed E-state index contributed by atoms with van der Waals surface area (Å²) in [6.45, 7) is 8.69. The lowest BCUT2D eigenvalue weighted by Gasteiger charge is -2.28. The number of aromatic nitrogens is 2. The lowest BCUT2D eigenvalue weighted by atomic mass is 10.0. The van der Waals surface area contributed by atoms with Crippen LogP contribution in [0.2, 0.25) is 0 Å². The van der Waals surface area contributed by atoms with E-state index in [-0.39, 0.29) is 41.9 Å². The normalized spacial score (nSPS) is 20.3. The number of ether oxygens (including phenoxy) is 3. The van der Waals surface area contributed by atoms with E-state index in [4.69, 9.17) is 14.2 Å². The molecule has 9 nitrogen and oxygen atoms in total. The van der Waals surface area contributed by atoms with E-state index < -0.39 is 17.6 Å². The van der Waals surface area contributed by atoms with Crippen molar-refractivity contribution in [3.8, 4) is 5.75 Å². The molecule has 0 bridgehead atoms. The zero-order chi connectivity index (χ0) is 25.2. The van der Waals surface area contributed by atoms with Gasteiger partial charge in [-0.05, 0) is 38.3 Å². The molecule has 2 aliphatic rings. The van der Waals surface area contributed by atoms with Crippen LogP contribution in [0.1, 0.15) is 34.1 Å². The molecule has 1 saturated heterocycles. The molecule has 2 amide bonds. The van der Waals surface area contributed by atoms with Crippen molar-refractivity contribution in [3.63, 3.8) is 0 Å². The third kappa shape index (κ3) is 6.26. The predicted molar refractivity (Wildman–Crippen MR) is 126 cm³/mol. The van der Waals surface area contributed by atoms with Crippen LogP contribution in [0.4, 0.5) is 10.2 Å². The highest BCUT2D eigenvalue weighted by atomic mass is 19.1. The van der Waals surface area contributed by atoms with Crippen molar-refractivity contribution >= 4 is 17.6 Å². The van der Waals surface area contributed by atoms with Crippen LogP contribution >= 0.6 is 0 Å². The summed E-state index contributed by atoms with van der Waals surface area (Å²) in [6.07, 6.45) is 3.36. The fourth-order valence-corrected chi connectivity index (χ4v) is 4.13. The van der Waals surface area contributed by atoms with Gasteiger partial charge in [-0.1, -0.05) is 26.0 Å². The summed E-state index contributed by atoms with van der Waals surface area (Å²) in [6, 6.07) is 6.93. The molecule has 1 aromatic heterocycles. The lowest BCUT2D eigenvalue weighted by Crippen LogP contribution is -2.46. The Labute approximate surface area is 203 Å². The minimum atomic E-state index is -0.738. The van der Waals surface area contributed by atoms with Crippen LogP contribution in [0.25, 0.3) is 0 Å². The van der Waals surface area contributed by atoms with Crippen LogP contribution in [0.15, 0.2) is 48.4 Å². The van der Waals surface area contributed by atoms with E-state index in [1.807, 2.05) is 27.7 Å². The third-order valence-electron chi connectivity index (χ3n) is 5.69. The predicted octanol–water partition coefficient (Wildman–Crippen LogP) is 3.33. The van der Waals surface area contributed by atoms with E-state index in [1.165, 1.54) is 23.1 Å². The Kier molecular flexibility index (Phi) is 7.23. The summed E-state index contributed by atoms with van der Waals surface area (Å²) in [5, 5.41) is 7.23. The number of hydrogen-bond acceptors (Lipinski definition) is 6. The average molecular weight is 487 g/mol. The van der Waals surface area contributed by atoms with Gasteiger partial charge < -0.3 is 24.4 Å². The van der Waals surface area contributed by atoms with Crippen LogP contribution in [0.3, 0.4) is 0 Å². The minimum Gasteiger partial charge on any atom is -0.457 e. The van der Waals surface area contributed by atoms with Gasteiger partial charge in [0.15, 0.2) is 23.2 Å². The van der Waals surface area contributed by atoms with E-state index in [0.29, 0.717) is 25.4 Å². The van der Waals surface area contributed by atoms with Gasteiger partial charge in [-0.3, -0.25) is 14.3 Å². The van der Waals surface area contributed by atoms with Gasteiger partial charge in [0.25, 0.3) is 5.91 Å². The van der Waals surface area contributed by atoms with Gasteiger partial charge >= 0.3 is 0 Å². The summed E-state index contributed by atoms with van der Waals surface area (Å²) in [7, 11) is 0. The molecule has 2 atom stereocenters. The van der Waals surface area contributed by atoms with Crippen molar-refractivity contribution < 1.29 is 28.2 Å². The monoisotopic (exact) mass is 486 g/mol. The number of benzene rings is 1. The molecular weight excluding hydrogens is 455 g/mol. The number of hydrogen-bond donors (Lipinski definition) is 1. The van der Waals surface area contributed by atoms with Crippen LogP contribution in [0, 0.1) is 11.7 Å². The number of amides is 2. The van der Waals surface area contributed by atoms with Crippen LogP contribution < -0.4 is 10.1 Å². The van der Waals surface area contributed by atoms with Gasteiger partial charge in [0.2, 0.25) is 5.91 Å². The van der Waals surface area contributed by atoms with E-state index in [1.54, 1.807) is 29.1 Å². The number of anilines is 1. The Morgan fingerprint density at radius 1 is 1.31 bits per heavy atom. The number of halogens is 1. The van der Waals surface area contributed by atoms with Gasteiger partial charge in [0, 0.05) is 18.3 Å². The van der Waals surface area contributed by atoms with E-state index in [0.717, 1.165) is 0 Å². The Hall–Kier alpha value is -3.24. The molecule has 0 unspecified atom stereocenters.